The van der Waals surface area contributed by atoms with E-state index in [1.807, 2.05) is 71.6 Å². The summed E-state index contributed by atoms with van der Waals surface area (Å²) in [6.45, 7) is 3.66. The number of ether oxygens (including phenoxy) is 1. The summed E-state index contributed by atoms with van der Waals surface area (Å²) in [6, 6.07) is 27.7. The van der Waals surface area contributed by atoms with Crippen LogP contribution in [0.4, 0.5) is 0 Å². The van der Waals surface area contributed by atoms with Gasteiger partial charge in [-0.25, -0.2) is 9.67 Å². The van der Waals surface area contributed by atoms with Crippen molar-refractivity contribution in [2.24, 2.45) is 0 Å². The Morgan fingerprint density at radius 1 is 1.07 bits per heavy atom. The summed E-state index contributed by atoms with van der Waals surface area (Å²) in [7, 11) is 0. The summed E-state index contributed by atoms with van der Waals surface area (Å²) in [5.74, 6) is 0.273. The maximum atomic E-state index is 12.9. The van der Waals surface area contributed by atoms with E-state index in [0.29, 0.717) is 36.6 Å². The largest absolute Gasteiger partial charge is 0.489 e. The Hall–Kier alpha value is -5.42. The van der Waals surface area contributed by atoms with E-state index in [4.69, 9.17) is 9.84 Å². The Balaban J connectivity index is 1.38. The maximum absolute atomic E-state index is 12.9. The molecule has 0 saturated heterocycles. The van der Waals surface area contributed by atoms with Crippen molar-refractivity contribution in [1.29, 1.82) is 5.26 Å². The Labute approximate surface area is 239 Å². The zero-order chi connectivity index (χ0) is 28.4. The average molecular weight is 543 g/mol. The van der Waals surface area contributed by atoms with Crippen LogP contribution in [0.5, 0.6) is 5.75 Å². The molecular formula is C33H30N6O2. The lowest BCUT2D eigenvalue weighted by Gasteiger charge is -2.08. The molecule has 0 radical (unpaired) electrons. The van der Waals surface area contributed by atoms with E-state index in [1.54, 1.807) is 23.3 Å². The Bertz CT molecular complexity index is 1660. The standard InChI is InChI=1S/C33H30N6O2/c1-25-11-13-26(14-12-25)23-41-31-10-5-7-27(20-31)32-29(22-39(37-32)30-8-3-2-4-9-30)19-28(21-34)33(40)36-15-6-17-38-18-16-35-24-38/h2-5,7-14,16,18-20,22,24H,6,15,17,23H2,1H3,(H,36,40)/b28-19-. The van der Waals surface area contributed by atoms with Crippen LogP contribution < -0.4 is 10.1 Å². The van der Waals surface area contributed by atoms with Crippen molar-refractivity contribution < 1.29 is 9.53 Å². The number of hydrogen-bond acceptors (Lipinski definition) is 5. The molecule has 0 aliphatic rings. The quantitative estimate of drug-likeness (QED) is 0.130. The molecule has 0 fully saturated rings. The van der Waals surface area contributed by atoms with E-state index in [2.05, 4.69) is 47.6 Å². The monoisotopic (exact) mass is 542 g/mol. The van der Waals surface area contributed by atoms with Crippen LogP contribution in [-0.4, -0.2) is 31.8 Å². The SMILES string of the molecule is Cc1ccc(COc2cccc(-c3nn(-c4ccccc4)cc3/C=C(/C#N)C(=O)NCCCn3ccnc3)c2)cc1. The molecule has 0 aliphatic carbocycles. The van der Waals surface area contributed by atoms with Crippen LogP contribution in [0.3, 0.4) is 0 Å². The van der Waals surface area contributed by atoms with Crippen molar-refractivity contribution in [2.45, 2.75) is 26.5 Å². The second-order valence-corrected chi connectivity index (χ2v) is 9.60. The fourth-order valence-corrected chi connectivity index (χ4v) is 4.30. The van der Waals surface area contributed by atoms with Gasteiger partial charge in [-0.15, -0.1) is 0 Å². The number of para-hydroxylation sites is 1. The number of carbonyl (C=O) groups is 1. The van der Waals surface area contributed by atoms with Gasteiger partial charge in [0.25, 0.3) is 5.91 Å². The minimum atomic E-state index is -0.424. The zero-order valence-electron chi connectivity index (χ0n) is 22.8. The van der Waals surface area contributed by atoms with Gasteiger partial charge in [-0.3, -0.25) is 4.79 Å². The van der Waals surface area contributed by atoms with E-state index in [0.717, 1.165) is 23.4 Å². The van der Waals surface area contributed by atoms with Gasteiger partial charge in [0.2, 0.25) is 0 Å². The summed E-state index contributed by atoms with van der Waals surface area (Å²) >= 11 is 0. The van der Waals surface area contributed by atoms with Crippen molar-refractivity contribution in [1.82, 2.24) is 24.6 Å². The van der Waals surface area contributed by atoms with Gasteiger partial charge in [0, 0.05) is 42.8 Å². The van der Waals surface area contributed by atoms with E-state index >= 15 is 0 Å². The van der Waals surface area contributed by atoms with Crippen LogP contribution >= 0.6 is 0 Å². The number of imidazole rings is 1. The number of nitrogens with one attached hydrogen (secondary N) is 1. The molecule has 0 saturated carbocycles. The van der Waals surface area contributed by atoms with Crippen LogP contribution in [0, 0.1) is 18.3 Å². The number of hydrogen-bond donors (Lipinski definition) is 1. The summed E-state index contributed by atoms with van der Waals surface area (Å²) in [4.78, 5) is 16.9. The van der Waals surface area contributed by atoms with Gasteiger partial charge in [-0.1, -0.05) is 60.2 Å². The first kappa shape index (κ1) is 27.2. The number of nitrogens with zero attached hydrogens (tertiary/aromatic N) is 5. The van der Waals surface area contributed by atoms with Gasteiger partial charge in [-0.05, 0) is 49.2 Å². The number of benzene rings is 3. The number of aromatic nitrogens is 4. The van der Waals surface area contributed by atoms with Gasteiger partial charge in [0.15, 0.2) is 0 Å². The highest BCUT2D eigenvalue weighted by Gasteiger charge is 2.16. The van der Waals surface area contributed by atoms with Crippen molar-refractivity contribution in [3.8, 4) is 28.8 Å². The number of nitriles is 1. The lowest BCUT2D eigenvalue weighted by Crippen LogP contribution is -2.26. The Kier molecular flexibility index (Phi) is 8.67. The van der Waals surface area contributed by atoms with Crippen molar-refractivity contribution in [3.05, 3.63) is 126 Å². The molecule has 3 aromatic carbocycles. The third-order valence-electron chi connectivity index (χ3n) is 6.50. The zero-order valence-corrected chi connectivity index (χ0v) is 22.8. The molecule has 0 atom stereocenters. The minimum absolute atomic E-state index is 0.00766. The van der Waals surface area contributed by atoms with Gasteiger partial charge in [-0.2, -0.15) is 10.4 Å². The highest BCUT2D eigenvalue weighted by molar-refractivity contribution is 6.02. The highest BCUT2D eigenvalue weighted by atomic mass is 16.5. The highest BCUT2D eigenvalue weighted by Crippen LogP contribution is 2.29. The summed E-state index contributed by atoms with van der Waals surface area (Å²) in [6.07, 6.45) is 9.45. The molecule has 2 heterocycles. The fourth-order valence-electron chi connectivity index (χ4n) is 4.30. The van der Waals surface area contributed by atoms with E-state index in [9.17, 15) is 10.1 Å². The number of rotatable bonds is 11. The Morgan fingerprint density at radius 2 is 1.90 bits per heavy atom. The third kappa shape index (κ3) is 7.16. The van der Waals surface area contributed by atoms with Gasteiger partial charge in [0.05, 0.1) is 12.0 Å². The van der Waals surface area contributed by atoms with Crippen molar-refractivity contribution >= 4 is 12.0 Å². The predicted octanol–water partition coefficient (Wildman–Crippen LogP) is 5.74. The van der Waals surface area contributed by atoms with E-state index in [-0.39, 0.29) is 5.57 Å². The molecule has 8 heteroatoms. The minimum Gasteiger partial charge on any atom is -0.489 e. The second-order valence-electron chi connectivity index (χ2n) is 9.60. The lowest BCUT2D eigenvalue weighted by molar-refractivity contribution is -0.117. The maximum Gasteiger partial charge on any atom is 0.261 e. The van der Waals surface area contributed by atoms with Crippen molar-refractivity contribution in [3.63, 3.8) is 0 Å². The molecule has 5 aromatic rings. The molecule has 0 aliphatic heterocycles. The average Bonchev–Trinajstić information content (AvgIpc) is 3.69. The molecule has 0 bridgehead atoms. The van der Waals surface area contributed by atoms with Crippen LogP contribution in [0.25, 0.3) is 23.0 Å². The molecule has 1 amide bonds. The summed E-state index contributed by atoms with van der Waals surface area (Å²) in [5, 5.41) is 17.5. The van der Waals surface area contributed by atoms with Gasteiger partial charge in [0.1, 0.15) is 29.7 Å². The molecule has 0 unspecified atom stereocenters. The molecular weight excluding hydrogens is 512 g/mol. The fraction of sp³-hybridized carbons (Fsp3) is 0.152. The number of aryl methyl sites for hydroxylation is 2. The molecule has 41 heavy (non-hydrogen) atoms. The first-order valence-corrected chi connectivity index (χ1v) is 13.4. The molecule has 5 rings (SSSR count). The van der Waals surface area contributed by atoms with Crippen LogP contribution in [-0.2, 0) is 17.9 Å². The number of amides is 1. The smallest absolute Gasteiger partial charge is 0.261 e. The van der Waals surface area contributed by atoms with Crippen molar-refractivity contribution in [2.75, 3.05) is 6.54 Å². The van der Waals surface area contributed by atoms with Gasteiger partial charge >= 0.3 is 0 Å². The number of carbonyl (C=O) groups excluding carboxylic acids is 1. The molecule has 1 N–H and O–H groups in total. The van der Waals surface area contributed by atoms with Gasteiger partial charge < -0.3 is 14.6 Å². The summed E-state index contributed by atoms with van der Waals surface area (Å²) in [5.41, 5.74) is 5.24. The Morgan fingerprint density at radius 3 is 2.66 bits per heavy atom. The first-order valence-electron chi connectivity index (χ1n) is 13.4. The third-order valence-corrected chi connectivity index (χ3v) is 6.50. The normalized spacial score (nSPS) is 11.2. The summed E-state index contributed by atoms with van der Waals surface area (Å²) < 4.78 is 9.77. The van der Waals surface area contributed by atoms with Crippen LogP contribution in [0.1, 0.15) is 23.1 Å². The molecule has 204 valence electrons. The first-order chi connectivity index (χ1) is 20.1. The van der Waals surface area contributed by atoms with E-state index < -0.39 is 5.91 Å². The molecule has 0 spiro atoms. The predicted molar refractivity (Wildman–Crippen MR) is 158 cm³/mol. The second kappa shape index (κ2) is 13.1. The van der Waals surface area contributed by atoms with Crippen LogP contribution in [0.15, 0.2) is 109 Å². The van der Waals surface area contributed by atoms with Crippen LogP contribution in [0.2, 0.25) is 0 Å². The lowest BCUT2D eigenvalue weighted by atomic mass is 10.1. The topological polar surface area (TPSA) is 97.8 Å². The molecule has 2 aromatic heterocycles. The van der Waals surface area contributed by atoms with E-state index in [1.165, 1.54) is 5.56 Å². The molecule has 8 nitrogen and oxygen atoms in total.